The van der Waals surface area contributed by atoms with Crippen molar-refractivity contribution < 1.29 is 4.79 Å². The van der Waals surface area contributed by atoms with Gasteiger partial charge < -0.3 is 5.32 Å². The van der Waals surface area contributed by atoms with Crippen molar-refractivity contribution in [1.29, 1.82) is 0 Å². The van der Waals surface area contributed by atoms with Gasteiger partial charge in [0.25, 0.3) is 5.91 Å². The molecular weight excluding hydrogens is 286 g/mol. The maximum Gasteiger partial charge on any atom is 0.271 e. The van der Waals surface area contributed by atoms with Crippen LogP contribution in [0.2, 0.25) is 5.15 Å². The second-order valence-electron chi connectivity index (χ2n) is 7.33. The zero-order chi connectivity index (χ0) is 14.4. The molecule has 1 aromatic heterocycles. The molecule has 4 fully saturated rings. The van der Waals surface area contributed by atoms with Gasteiger partial charge in [0.1, 0.15) is 10.8 Å². The van der Waals surface area contributed by atoms with Crippen LogP contribution in [0, 0.1) is 23.2 Å². The standard InChI is InChI=1S/C16H20ClN3O/c17-14-8-18-7-13(20-14)15(21)19-9-16-4-10-1-11(5-16)3-12(2-10)6-16/h7-8,10-12H,1-6,9H2,(H,19,21). The summed E-state index contributed by atoms with van der Waals surface area (Å²) in [7, 11) is 0. The quantitative estimate of drug-likeness (QED) is 0.933. The lowest BCUT2D eigenvalue weighted by Crippen LogP contribution is -2.51. The predicted molar refractivity (Wildman–Crippen MR) is 80.0 cm³/mol. The van der Waals surface area contributed by atoms with Crippen LogP contribution < -0.4 is 5.32 Å². The van der Waals surface area contributed by atoms with Gasteiger partial charge in [0.05, 0.1) is 12.4 Å². The van der Waals surface area contributed by atoms with Gasteiger partial charge in [-0.2, -0.15) is 0 Å². The lowest BCUT2D eigenvalue weighted by atomic mass is 9.49. The number of hydrogen-bond acceptors (Lipinski definition) is 3. The van der Waals surface area contributed by atoms with Gasteiger partial charge in [-0.15, -0.1) is 0 Å². The number of nitrogens with one attached hydrogen (secondary N) is 1. The van der Waals surface area contributed by atoms with Crippen molar-refractivity contribution in [3.63, 3.8) is 0 Å². The Bertz CT molecular complexity index is 539. The van der Waals surface area contributed by atoms with Gasteiger partial charge in [-0.25, -0.2) is 4.98 Å². The van der Waals surface area contributed by atoms with Crippen molar-refractivity contribution >= 4 is 17.5 Å². The Kier molecular flexibility index (Phi) is 3.18. The molecule has 4 bridgehead atoms. The summed E-state index contributed by atoms with van der Waals surface area (Å²) in [6.07, 6.45) is 11.1. The number of carbonyl (C=O) groups excluding carboxylic acids is 1. The number of rotatable bonds is 3. The van der Waals surface area contributed by atoms with E-state index < -0.39 is 0 Å². The zero-order valence-electron chi connectivity index (χ0n) is 12.0. The van der Waals surface area contributed by atoms with Gasteiger partial charge in [-0.3, -0.25) is 9.78 Å². The molecule has 112 valence electrons. The van der Waals surface area contributed by atoms with Crippen molar-refractivity contribution in [2.24, 2.45) is 23.2 Å². The van der Waals surface area contributed by atoms with E-state index in [0.29, 0.717) is 11.1 Å². The summed E-state index contributed by atoms with van der Waals surface area (Å²) >= 11 is 5.79. The number of nitrogens with zero attached hydrogens (tertiary/aromatic N) is 2. The number of halogens is 1. The van der Waals surface area contributed by atoms with Crippen LogP contribution in [-0.2, 0) is 0 Å². The maximum absolute atomic E-state index is 12.2. The molecule has 0 spiro atoms. The van der Waals surface area contributed by atoms with Crippen molar-refractivity contribution in [3.05, 3.63) is 23.2 Å². The Morgan fingerprint density at radius 1 is 1.19 bits per heavy atom. The van der Waals surface area contributed by atoms with Crippen molar-refractivity contribution in [2.45, 2.75) is 38.5 Å². The molecule has 21 heavy (non-hydrogen) atoms. The van der Waals surface area contributed by atoms with Crippen LogP contribution >= 0.6 is 11.6 Å². The van der Waals surface area contributed by atoms with Crippen molar-refractivity contribution in [2.75, 3.05) is 6.54 Å². The van der Waals surface area contributed by atoms with Gasteiger partial charge >= 0.3 is 0 Å². The predicted octanol–water partition coefficient (Wildman–Crippen LogP) is 3.08. The number of hydrogen-bond donors (Lipinski definition) is 1. The molecule has 5 rings (SSSR count). The van der Waals surface area contributed by atoms with E-state index in [9.17, 15) is 4.79 Å². The van der Waals surface area contributed by atoms with Gasteiger partial charge in [0.15, 0.2) is 0 Å². The highest BCUT2D eigenvalue weighted by Gasteiger charge is 2.50. The Morgan fingerprint density at radius 3 is 2.38 bits per heavy atom. The first-order valence-electron chi connectivity index (χ1n) is 7.88. The molecule has 0 unspecified atom stereocenters. The number of aromatic nitrogens is 2. The van der Waals surface area contributed by atoms with E-state index in [2.05, 4.69) is 15.3 Å². The van der Waals surface area contributed by atoms with Crippen LogP contribution in [-0.4, -0.2) is 22.4 Å². The minimum Gasteiger partial charge on any atom is -0.350 e. The molecule has 1 N–H and O–H groups in total. The third kappa shape index (κ3) is 2.54. The topological polar surface area (TPSA) is 54.9 Å². The second kappa shape index (κ2) is 4.94. The molecule has 0 aromatic carbocycles. The van der Waals surface area contributed by atoms with Crippen LogP contribution in [0.5, 0.6) is 0 Å². The fourth-order valence-corrected chi connectivity index (χ4v) is 5.46. The highest BCUT2D eigenvalue weighted by Crippen LogP contribution is 2.59. The first-order valence-corrected chi connectivity index (χ1v) is 8.25. The summed E-state index contributed by atoms with van der Waals surface area (Å²) in [4.78, 5) is 20.2. The van der Waals surface area contributed by atoms with Gasteiger partial charge in [-0.1, -0.05) is 11.6 Å². The van der Waals surface area contributed by atoms with Crippen LogP contribution in [0.4, 0.5) is 0 Å². The molecule has 4 aliphatic carbocycles. The first-order chi connectivity index (χ1) is 10.1. The number of amides is 1. The Morgan fingerprint density at radius 2 is 1.81 bits per heavy atom. The molecule has 1 amide bonds. The first kappa shape index (κ1) is 13.5. The molecule has 5 heteroatoms. The molecular formula is C16H20ClN3O. The maximum atomic E-state index is 12.2. The average molecular weight is 306 g/mol. The SMILES string of the molecule is O=C(NCC12CC3CC(CC(C3)C1)C2)c1cncc(Cl)n1. The molecule has 4 saturated carbocycles. The van der Waals surface area contributed by atoms with E-state index in [4.69, 9.17) is 11.6 Å². The Labute approximate surface area is 129 Å². The van der Waals surface area contributed by atoms with E-state index in [1.807, 2.05) is 0 Å². The Hall–Kier alpha value is -1.16. The highest BCUT2D eigenvalue weighted by molar-refractivity contribution is 6.29. The van der Waals surface area contributed by atoms with E-state index in [-0.39, 0.29) is 11.1 Å². The molecule has 0 aliphatic heterocycles. The molecule has 4 nitrogen and oxygen atoms in total. The minimum absolute atomic E-state index is 0.152. The smallest absolute Gasteiger partial charge is 0.271 e. The third-order valence-electron chi connectivity index (χ3n) is 5.63. The molecule has 0 saturated heterocycles. The van der Waals surface area contributed by atoms with Crippen LogP contribution in [0.25, 0.3) is 0 Å². The molecule has 0 radical (unpaired) electrons. The summed E-state index contributed by atoms with van der Waals surface area (Å²) in [6, 6.07) is 0. The lowest BCUT2D eigenvalue weighted by molar-refractivity contribution is -0.0503. The van der Waals surface area contributed by atoms with E-state index in [1.54, 1.807) is 0 Å². The fraction of sp³-hybridized carbons (Fsp3) is 0.688. The third-order valence-corrected chi connectivity index (χ3v) is 5.81. The summed E-state index contributed by atoms with van der Waals surface area (Å²) in [6.45, 7) is 0.781. The molecule has 0 atom stereocenters. The normalized spacial score (nSPS) is 36.7. The molecule has 4 aliphatic rings. The largest absolute Gasteiger partial charge is 0.350 e. The van der Waals surface area contributed by atoms with Crippen molar-refractivity contribution in [1.82, 2.24) is 15.3 Å². The van der Waals surface area contributed by atoms with E-state index in [1.165, 1.54) is 50.9 Å². The Balaban J connectivity index is 1.44. The van der Waals surface area contributed by atoms with Crippen LogP contribution in [0.15, 0.2) is 12.4 Å². The van der Waals surface area contributed by atoms with Gasteiger partial charge in [0, 0.05) is 6.54 Å². The number of carbonyl (C=O) groups is 1. The average Bonchev–Trinajstić information content (AvgIpc) is 2.43. The fourth-order valence-electron chi connectivity index (χ4n) is 5.32. The summed E-state index contributed by atoms with van der Waals surface area (Å²) in [5.74, 6) is 2.55. The monoisotopic (exact) mass is 305 g/mol. The molecule has 1 aromatic rings. The van der Waals surface area contributed by atoms with Crippen LogP contribution in [0.1, 0.15) is 49.0 Å². The second-order valence-corrected chi connectivity index (χ2v) is 7.71. The zero-order valence-corrected chi connectivity index (χ0v) is 12.8. The van der Waals surface area contributed by atoms with E-state index in [0.717, 1.165) is 24.3 Å². The van der Waals surface area contributed by atoms with Crippen LogP contribution in [0.3, 0.4) is 0 Å². The minimum atomic E-state index is -0.152. The lowest BCUT2D eigenvalue weighted by Gasteiger charge is -2.56. The summed E-state index contributed by atoms with van der Waals surface area (Å²) in [5, 5.41) is 3.34. The van der Waals surface area contributed by atoms with Crippen molar-refractivity contribution in [3.8, 4) is 0 Å². The summed E-state index contributed by atoms with van der Waals surface area (Å²) < 4.78 is 0. The summed E-state index contributed by atoms with van der Waals surface area (Å²) in [5.41, 5.74) is 0.656. The van der Waals surface area contributed by atoms with Gasteiger partial charge in [0.2, 0.25) is 0 Å². The van der Waals surface area contributed by atoms with E-state index >= 15 is 0 Å². The molecule has 1 heterocycles. The highest BCUT2D eigenvalue weighted by atomic mass is 35.5. The van der Waals surface area contributed by atoms with Gasteiger partial charge in [-0.05, 0) is 61.7 Å².